The van der Waals surface area contributed by atoms with E-state index in [0.29, 0.717) is 24.7 Å². The highest BCUT2D eigenvalue weighted by atomic mass is 35.5. The molecule has 0 spiro atoms. The summed E-state index contributed by atoms with van der Waals surface area (Å²) in [4.78, 5) is 13.2. The maximum Gasteiger partial charge on any atom is 0.275 e. The third-order valence-corrected chi connectivity index (χ3v) is 3.79. The molecule has 0 radical (unpaired) electrons. The second kappa shape index (κ2) is 8.36. The van der Waals surface area contributed by atoms with Gasteiger partial charge in [-0.05, 0) is 38.1 Å². The number of hydrogen-bond acceptors (Lipinski definition) is 3. The molecule has 6 heteroatoms. The fraction of sp³-hybridized carbons (Fsp3) is 0.562. The van der Waals surface area contributed by atoms with Crippen LogP contribution in [0.2, 0.25) is 5.02 Å². The van der Waals surface area contributed by atoms with Crippen molar-refractivity contribution in [2.75, 3.05) is 32.8 Å². The highest BCUT2D eigenvalue weighted by Crippen LogP contribution is 2.14. The fourth-order valence-corrected chi connectivity index (χ4v) is 2.84. The number of quaternary nitrogens is 1. The Morgan fingerprint density at radius 2 is 1.95 bits per heavy atom. The molecule has 122 valence electrons. The normalized spacial score (nSPS) is 24.8. The van der Waals surface area contributed by atoms with Crippen molar-refractivity contribution in [3.05, 3.63) is 29.3 Å². The Balaban J connectivity index is 1.62. The number of benzene rings is 1. The van der Waals surface area contributed by atoms with Crippen molar-refractivity contribution in [2.24, 2.45) is 0 Å². The van der Waals surface area contributed by atoms with Crippen molar-refractivity contribution < 1.29 is 19.2 Å². The molecule has 22 heavy (non-hydrogen) atoms. The van der Waals surface area contributed by atoms with Crippen LogP contribution in [0.5, 0.6) is 5.75 Å². The minimum Gasteiger partial charge on any atom is -0.492 e. The summed E-state index contributed by atoms with van der Waals surface area (Å²) in [5, 5.41) is 3.57. The number of amides is 1. The maximum absolute atomic E-state index is 11.9. The van der Waals surface area contributed by atoms with Gasteiger partial charge in [0.25, 0.3) is 5.91 Å². The number of ether oxygens (including phenoxy) is 2. The lowest BCUT2D eigenvalue weighted by atomic mass is 10.2. The minimum atomic E-state index is 0.0519. The molecule has 2 rings (SSSR count). The van der Waals surface area contributed by atoms with Gasteiger partial charge in [0, 0.05) is 5.02 Å². The van der Waals surface area contributed by atoms with Crippen LogP contribution in [0, 0.1) is 0 Å². The lowest BCUT2D eigenvalue weighted by Gasteiger charge is -2.31. The zero-order valence-corrected chi connectivity index (χ0v) is 13.9. The molecular weight excluding hydrogens is 304 g/mol. The summed E-state index contributed by atoms with van der Waals surface area (Å²) in [7, 11) is 0. The van der Waals surface area contributed by atoms with E-state index in [9.17, 15) is 4.79 Å². The molecule has 0 bridgehead atoms. The number of morpholine rings is 1. The highest BCUT2D eigenvalue weighted by Gasteiger charge is 2.26. The van der Waals surface area contributed by atoms with Crippen LogP contribution in [0.15, 0.2) is 24.3 Å². The minimum absolute atomic E-state index is 0.0519. The fourth-order valence-electron chi connectivity index (χ4n) is 2.71. The molecular formula is C16H24ClN2O3+. The molecule has 0 aromatic heterocycles. The van der Waals surface area contributed by atoms with E-state index in [1.807, 2.05) is 26.0 Å². The Kier molecular flexibility index (Phi) is 6.49. The molecule has 0 saturated carbocycles. The van der Waals surface area contributed by atoms with E-state index >= 15 is 0 Å². The second-order valence-electron chi connectivity index (χ2n) is 5.74. The van der Waals surface area contributed by atoms with Crippen molar-refractivity contribution in [3.63, 3.8) is 0 Å². The SMILES string of the molecule is C[C@@H]1C[NH+](CC(=O)NCCOc2ccc(Cl)cc2)C[C@H](C)O1. The zero-order valence-electron chi connectivity index (χ0n) is 13.1. The topological polar surface area (TPSA) is 52.0 Å². The van der Waals surface area contributed by atoms with Gasteiger partial charge in [-0.3, -0.25) is 4.79 Å². The van der Waals surface area contributed by atoms with E-state index in [1.54, 1.807) is 12.1 Å². The van der Waals surface area contributed by atoms with E-state index in [2.05, 4.69) is 5.32 Å². The van der Waals surface area contributed by atoms with Gasteiger partial charge in [0.15, 0.2) is 6.54 Å². The van der Waals surface area contributed by atoms with Crippen molar-refractivity contribution in [3.8, 4) is 5.75 Å². The highest BCUT2D eigenvalue weighted by molar-refractivity contribution is 6.30. The Hall–Kier alpha value is -1.30. The average molecular weight is 328 g/mol. The van der Waals surface area contributed by atoms with Crippen LogP contribution in [0.25, 0.3) is 0 Å². The number of halogens is 1. The van der Waals surface area contributed by atoms with E-state index < -0.39 is 0 Å². The van der Waals surface area contributed by atoms with E-state index in [0.717, 1.165) is 18.8 Å². The van der Waals surface area contributed by atoms with E-state index in [1.165, 1.54) is 4.90 Å². The zero-order chi connectivity index (χ0) is 15.9. The molecule has 1 heterocycles. The van der Waals surface area contributed by atoms with E-state index in [-0.39, 0.29) is 18.1 Å². The van der Waals surface area contributed by atoms with Crippen molar-refractivity contribution in [1.82, 2.24) is 5.32 Å². The smallest absolute Gasteiger partial charge is 0.275 e. The molecule has 5 nitrogen and oxygen atoms in total. The Morgan fingerprint density at radius 1 is 1.32 bits per heavy atom. The van der Waals surface area contributed by atoms with Gasteiger partial charge in [0.1, 0.15) is 37.7 Å². The van der Waals surface area contributed by atoms with Crippen LogP contribution in [0.3, 0.4) is 0 Å². The first kappa shape index (κ1) is 17.1. The van der Waals surface area contributed by atoms with Gasteiger partial charge in [-0.1, -0.05) is 11.6 Å². The molecule has 0 aliphatic carbocycles. The van der Waals surface area contributed by atoms with Crippen LogP contribution in [-0.4, -0.2) is 50.9 Å². The van der Waals surface area contributed by atoms with Gasteiger partial charge in [-0.2, -0.15) is 0 Å². The van der Waals surface area contributed by atoms with Gasteiger partial charge in [-0.15, -0.1) is 0 Å². The maximum atomic E-state index is 11.9. The molecule has 3 atom stereocenters. The van der Waals surface area contributed by atoms with Crippen LogP contribution in [0.1, 0.15) is 13.8 Å². The van der Waals surface area contributed by atoms with Crippen LogP contribution >= 0.6 is 11.6 Å². The number of nitrogens with one attached hydrogen (secondary N) is 2. The predicted octanol–water partition coefficient (Wildman–Crippen LogP) is 0.527. The van der Waals surface area contributed by atoms with Crippen LogP contribution in [-0.2, 0) is 9.53 Å². The number of carbonyl (C=O) groups excluding carboxylic acids is 1. The lowest BCUT2D eigenvalue weighted by Crippen LogP contribution is -3.16. The molecule has 1 aromatic carbocycles. The third kappa shape index (κ3) is 5.83. The lowest BCUT2D eigenvalue weighted by molar-refractivity contribution is -0.907. The first-order valence-electron chi connectivity index (χ1n) is 7.67. The van der Waals surface area contributed by atoms with Gasteiger partial charge in [0.05, 0.1) is 6.54 Å². The van der Waals surface area contributed by atoms with Gasteiger partial charge < -0.3 is 19.7 Å². The van der Waals surface area contributed by atoms with Crippen molar-refractivity contribution in [1.29, 1.82) is 0 Å². The molecule has 1 aliphatic heterocycles. The largest absolute Gasteiger partial charge is 0.492 e. The Morgan fingerprint density at radius 3 is 2.59 bits per heavy atom. The van der Waals surface area contributed by atoms with Crippen molar-refractivity contribution in [2.45, 2.75) is 26.1 Å². The van der Waals surface area contributed by atoms with Gasteiger partial charge in [0.2, 0.25) is 0 Å². The number of hydrogen-bond donors (Lipinski definition) is 2. The first-order valence-corrected chi connectivity index (χ1v) is 8.05. The molecule has 1 unspecified atom stereocenters. The summed E-state index contributed by atoms with van der Waals surface area (Å²) < 4.78 is 11.2. The van der Waals surface area contributed by atoms with Gasteiger partial charge >= 0.3 is 0 Å². The molecule has 1 aromatic rings. The molecule has 2 N–H and O–H groups in total. The monoisotopic (exact) mass is 327 g/mol. The average Bonchev–Trinajstić information content (AvgIpc) is 2.44. The van der Waals surface area contributed by atoms with Gasteiger partial charge in [-0.25, -0.2) is 0 Å². The Bertz CT molecular complexity index is 471. The van der Waals surface area contributed by atoms with Crippen molar-refractivity contribution >= 4 is 17.5 Å². The quantitative estimate of drug-likeness (QED) is 0.749. The number of rotatable bonds is 6. The number of carbonyl (C=O) groups is 1. The molecule has 1 saturated heterocycles. The predicted molar refractivity (Wildman–Crippen MR) is 85.5 cm³/mol. The summed E-state index contributed by atoms with van der Waals surface area (Å²) in [5.41, 5.74) is 0. The molecule has 1 fully saturated rings. The summed E-state index contributed by atoms with van der Waals surface area (Å²) in [6, 6.07) is 7.18. The van der Waals surface area contributed by atoms with Crippen LogP contribution < -0.4 is 15.0 Å². The van der Waals surface area contributed by atoms with Crippen LogP contribution in [0.4, 0.5) is 0 Å². The standard InChI is InChI=1S/C16H23ClN2O3/c1-12-9-19(10-13(2)22-12)11-16(20)18-7-8-21-15-5-3-14(17)4-6-15/h3-6,12-13H,7-11H2,1-2H3,(H,18,20)/p+1/t12-,13+. The van der Waals surface area contributed by atoms with E-state index in [4.69, 9.17) is 21.1 Å². The summed E-state index contributed by atoms with van der Waals surface area (Å²) in [6.45, 7) is 7.27. The Labute approximate surface area is 136 Å². The molecule has 1 aliphatic rings. The summed E-state index contributed by atoms with van der Waals surface area (Å²) >= 11 is 5.80. The molecule has 1 amide bonds. The summed E-state index contributed by atoms with van der Waals surface area (Å²) in [6.07, 6.45) is 0.416. The summed E-state index contributed by atoms with van der Waals surface area (Å²) in [5.74, 6) is 0.802. The third-order valence-electron chi connectivity index (χ3n) is 3.53. The second-order valence-corrected chi connectivity index (χ2v) is 6.18. The first-order chi connectivity index (χ1) is 10.5.